The van der Waals surface area contributed by atoms with Crippen molar-refractivity contribution in [3.05, 3.63) is 36.4 Å². The van der Waals surface area contributed by atoms with Gasteiger partial charge in [0.05, 0.1) is 26.7 Å². The van der Waals surface area contributed by atoms with Gasteiger partial charge in [-0.1, -0.05) is 12.1 Å². The molecule has 0 fully saturated rings. The fourth-order valence-corrected chi connectivity index (χ4v) is 2.81. The Morgan fingerprint density at radius 2 is 1.95 bits per heavy atom. The first-order valence-electron chi connectivity index (χ1n) is 5.66. The summed E-state index contributed by atoms with van der Waals surface area (Å²) in [7, 11) is -1.13. The first kappa shape index (κ1) is 11.9. The van der Waals surface area contributed by atoms with Crippen molar-refractivity contribution in [3.63, 3.8) is 0 Å². The summed E-state index contributed by atoms with van der Waals surface area (Å²) in [6, 6.07) is 10.2. The molecule has 0 amide bonds. The lowest BCUT2D eigenvalue weighted by Gasteiger charge is -2.07. The highest BCUT2D eigenvalue weighted by molar-refractivity contribution is 7.84. The third-order valence-electron chi connectivity index (χ3n) is 3.04. The average molecular weight is 273 g/mol. The van der Waals surface area contributed by atoms with Crippen LogP contribution in [0.3, 0.4) is 0 Å². The monoisotopic (exact) mass is 273 g/mol. The number of rotatable bonds is 1. The van der Waals surface area contributed by atoms with Gasteiger partial charge < -0.3 is 10.2 Å². The smallest absolute Gasteiger partial charge is 0.167 e. The zero-order valence-corrected chi connectivity index (χ0v) is 10.9. The van der Waals surface area contributed by atoms with E-state index >= 15 is 0 Å². The summed E-state index contributed by atoms with van der Waals surface area (Å²) in [5.41, 5.74) is 1.21. The molecule has 0 radical (unpaired) electrons. The van der Waals surface area contributed by atoms with Crippen molar-refractivity contribution in [2.24, 2.45) is 0 Å². The maximum absolute atomic E-state index is 11.7. The molecular formula is C14H11NO3S. The van der Waals surface area contributed by atoms with Gasteiger partial charge in [0, 0.05) is 17.0 Å². The van der Waals surface area contributed by atoms with Gasteiger partial charge in [-0.15, -0.1) is 0 Å². The summed E-state index contributed by atoms with van der Waals surface area (Å²) in [6.45, 7) is 0. The lowest BCUT2D eigenvalue weighted by molar-refractivity contribution is 0.408. The lowest BCUT2D eigenvalue weighted by atomic mass is 10.1. The van der Waals surface area contributed by atoms with E-state index in [2.05, 4.69) is 4.98 Å². The van der Waals surface area contributed by atoms with E-state index in [1.807, 2.05) is 6.07 Å². The normalized spacial score (nSPS) is 12.9. The molecule has 1 unspecified atom stereocenters. The summed E-state index contributed by atoms with van der Waals surface area (Å²) in [5.74, 6) is -0.362. The highest BCUT2D eigenvalue weighted by atomic mass is 32.2. The minimum Gasteiger partial charge on any atom is -0.504 e. The maximum Gasteiger partial charge on any atom is 0.167 e. The number of phenolic OH excluding ortho intramolecular Hbond substituents is 2. The van der Waals surface area contributed by atoms with Crippen molar-refractivity contribution in [1.82, 2.24) is 4.98 Å². The van der Waals surface area contributed by atoms with Crippen LogP contribution in [0.25, 0.3) is 21.8 Å². The Hall–Kier alpha value is -2.14. The van der Waals surface area contributed by atoms with E-state index in [9.17, 15) is 14.4 Å². The molecule has 4 nitrogen and oxygen atoms in total. The van der Waals surface area contributed by atoms with Crippen LogP contribution >= 0.6 is 0 Å². The van der Waals surface area contributed by atoms with Crippen molar-refractivity contribution >= 4 is 32.6 Å². The Balaban J connectivity index is 2.48. The second kappa shape index (κ2) is 4.20. The molecule has 0 bridgehead atoms. The van der Waals surface area contributed by atoms with E-state index in [1.165, 1.54) is 6.07 Å². The van der Waals surface area contributed by atoms with Crippen molar-refractivity contribution in [2.75, 3.05) is 6.26 Å². The first-order valence-corrected chi connectivity index (χ1v) is 7.21. The zero-order valence-electron chi connectivity index (χ0n) is 10.1. The molecule has 0 saturated carbocycles. The SMILES string of the molecule is CS(=O)c1cccc2cc3c(O)c(O)ccc3nc12. The van der Waals surface area contributed by atoms with E-state index in [-0.39, 0.29) is 11.5 Å². The Bertz CT molecular complexity index is 830. The third kappa shape index (κ3) is 1.82. The number of aromatic hydroxyl groups is 2. The van der Waals surface area contributed by atoms with E-state index < -0.39 is 10.8 Å². The van der Waals surface area contributed by atoms with Crippen molar-refractivity contribution in [1.29, 1.82) is 0 Å². The number of nitrogens with zero attached hydrogens (tertiary/aromatic N) is 1. The average Bonchev–Trinajstić information content (AvgIpc) is 2.40. The van der Waals surface area contributed by atoms with Crippen molar-refractivity contribution in [3.8, 4) is 11.5 Å². The van der Waals surface area contributed by atoms with Gasteiger partial charge in [0.15, 0.2) is 11.5 Å². The fourth-order valence-electron chi connectivity index (χ4n) is 2.11. The fraction of sp³-hybridized carbons (Fsp3) is 0.0714. The molecule has 0 aliphatic rings. The van der Waals surface area contributed by atoms with Crippen LogP contribution in [0.4, 0.5) is 0 Å². The van der Waals surface area contributed by atoms with E-state index in [4.69, 9.17) is 0 Å². The molecule has 0 saturated heterocycles. The Labute approximate surface area is 111 Å². The van der Waals surface area contributed by atoms with Crippen LogP contribution in [0.1, 0.15) is 0 Å². The van der Waals surface area contributed by atoms with Gasteiger partial charge in [-0.3, -0.25) is 4.21 Å². The molecular weight excluding hydrogens is 262 g/mol. The topological polar surface area (TPSA) is 70.4 Å². The number of fused-ring (bicyclic) bond motifs is 2. The Kier molecular flexibility index (Phi) is 2.64. The molecule has 19 heavy (non-hydrogen) atoms. The molecule has 3 aromatic rings. The van der Waals surface area contributed by atoms with Crippen LogP contribution in [0.15, 0.2) is 41.3 Å². The molecule has 2 aromatic carbocycles. The van der Waals surface area contributed by atoms with Gasteiger partial charge in [0.2, 0.25) is 0 Å². The molecule has 3 rings (SSSR count). The van der Waals surface area contributed by atoms with Gasteiger partial charge in [0.1, 0.15) is 0 Å². The number of pyridine rings is 1. The molecule has 0 aliphatic heterocycles. The zero-order chi connectivity index (χ0) is 13.6. The molecule has 1 aromatic heterocycles. The molecule has 5 heteroatoms. The van der Waals surface area contributed by atoms with Crippen LogP contribution in [-0.4, -0.2) is 25.7 Å². The second-order valence-electron chi connectivity index (χ2n) is 4.27. The number of aromatic nitrogens is 1. The summed E-state index contributed by atoms with van der Waals surface area (Å²) >= 11 is 0. The Morgan fingerprint density at radius 1 is 1.16 bits per heavy atom. The summed E-state index contributed by atoms with van der Waals surface area (Å²) < 4.78 is 11.7. The van der Waals surface area contributed by atoms with Crippen LogP contribution in [0, 0.1) is 0 Å². The molecule has 0 spiro atoms. The van der Waals surface area contributed by atoms with Gasteiger partial charge in [-0.05, 0) is 24.3 Å². The van der Waals surface area contributed by atoms with Crippen LogP contribution in [0.2, 0.25) is 0 Å². The van der Waals surface area contributed by atoms with E-state index in [1.54, 1.807) is 30.5 Å². The molecule has 1 heterocycles. The number of hydrogen-bond acceptors (Lipinski definition) is 4. The highest BCUT2D eigenvalue weighted by Crippen LogP contribution is 2.35. The molecule has 2 N–H and O–H groups in total. The highest BCUT2D eigenvalue weighted by Gasteiger charge is 2.11. The van der Waals surface area contributed by atoms with Gasteiger partial charge in [-0.25, -0.2) is 4.98 Å². The van der Waals surface area contributed by atoms with Crippen LogP contribution in [-0.2, 0) is 10.8 Å². The summed E-state index contributed by atoms with van der Waals surface area (Å²) in [4.78, 5) is 5.10. The minimum absolute atomic E-state index is 0.177. The largest absolute Gasteiger partial charge is 0.504 e. The standard InChI is InChI=1S/C14H11NO3S/c1-19(18)12-4-2-3-8-7-9-10(15-13(8)12)5-6-11(16)14(9)17/h2-7,16-17H,1H3. The molecule has 96 valence electrons. The van der Waals surface area contributed by atoms with E-state index in [0.29, 0.717) is 21.3 Å². The summed E-state index contributed by atoms with van der Waals surface area (Å²) in [5, 5.41) is 20.6. The van der Waals surface area contributed by atoms with Crippen molar-refractivity contribution in [2.45, 2.75) is 4.90 Å². The molecule has 1 atom stereocenters. The predicted molar refractivity (Wildman–Crippen MR) is 74.9 cm³/mol. The van der Waals surface area contributed by atoms with E-state index in [0.717, 1.165) is 5.39 Å². The van der Waals surface area contributed by atoms with Gasteiger partial charge >= 0.3 is 0 Å². The van der Waals surface area contributed by atoms with Gasteiger partial charge in [-0.2, -0.15) is 0 Å². The van der Waals surface area contributed by atoms with Gasteiger partial charge in [0.25, 0.3) is 0 Å². The first-order chi connectivity index (χ1) is 9.08. The third-order valence-corrected chi connectivity index (χ3v) is 3.99. The Morgan fingerprint density at radius 3 is 2.68 bits per heavy atom. The minimum atomic E-state index is -1.13. The van der Waals surface area contributed by atoms with Crippen LogP contribution in [0.5, 0.6) is 11.5 Å². The number of benzene rings is 2. The predicted octanol–water partition coefficient (Wildman–Crippen LogP) is 2.54. The number of para-hydroxylation sites is 1. The maximum atomic E-state index is 11.7. The van der Waals surface area contributed by atoms with Crippen LogP contribution < -0.4 is 0 Å². The number of phenols is 2. The summed E-state index contributed by atoms with van der Waals surface area (Å²) in [6.07, 6.45) is 1.61. The number of hydrogen-bond donors (Lipinski definition) is 2. The molecule has 0 aliphatic carbocycles. The van der Waals surface area contributed by atoms with Crippen molar-refractivity contribution < 1.29 is 14.4 Å². The lowest BCUT2D eigenvalue weighted by Crippen LogP contribution is -1.92. The quantitative estimate of drug-likeness (QED) is 0.528. The second-order valence-corrected chi connectivity index (χ2v) is 5.62.